The number of nitrogens with one attached hydrogen (secondary N) is 3. The summed E-state index contributed by atoms with van der Waals surface area (Å²) >= 11 is 0. The van der Waals surface area contributed by atoms with E-state index in [1.807, 2.05) is 0 Å². The van der Waals surface area contributed by atoms with Crippen molar-refractivity contribution in [3.8, 4) is 0 Å². The summed E-state index contributed by atoms with van der Waals surface area (Å²) < 4.78 is 30.6. The number of ether oxygens (including phenoxy) is 1. The summed E-state index contributed by atoms with van der Waals surface area (Å²) in [5.41, 5.74) is 0. The number of amides is 1. The summed E-state index contributed by atoms with van der Waals surface area (Å²) in [6.07, 6.45) is 3.47. The second kappa shape index (κ2) is 6.84. The predicted molar refractivity (Wildman–Crippen MR) is 74.7 cm³/mol. The summed E-state index contributed by atoms with van der Waals surface area (Å²) in [7, 11) is -3.20. The third-order valence-corrected chi connectivity index (χ3v) is 4.51. The van der Waals surface area contributed by atoms with Gasteiger partial charge in [0.15, 0.2) is 0 Å². The molecule has 0 bridgehead atoms. The van der Waals surface area contributed by atoms with Gasteiger partial charge in [-0.3, -0.25) is 4.79 Å². The van der Waals surface area contributed by atoms with Gasteiger partial charge in [-0.05, 0) is 18.8 Å². The highest BCUT2D eigenvalue weighted by atomic mass is 32.2. The van der Waals surface area contributed by atoms with Crippen LogP contribution in [-0.4, -0.2) is 59.0 Å². The minimum absolute atomic E-state index is 0.0734. The summed E-state index contributed by atoms with van der Waals surface area (Å²) in [5, 5.41) is 5.98. The smallest absolute Gasteiger partial charge is 0.250 e. The zero-order valence-corrected chi connectivity index (χ0v) is 12.5. The molecule has 2 unspecified atom stereocenters. The van der Waals surface area contributed by atoms with Gasteiger partial charge in [0.05, 0.1) is 12.9 Å². The Balaban J connectivity index is 1.78. The van der Waals surface area contributed by atoms with Gasteiger partial charge in [0.1, 0.15) is 6.10 Å². The van der Waals surface area contributed by atoms with Crippen molar-refractivity contribution >= 4 is 15.9 Å². The van der Waals surface area contributed by atoms with E-state index in [1.165, 1.54) is 6.26 Å². The number of rotatable bonds is 5. The molecular formula is C12H23N3O4S. The van der Waals surface area contributed by atoms with Crippen LogP contribution in [0.5, 0.6) is 0 Å². The van der Waals surface area contributed by atoms with E-state index in [9.17, 15) is 13.2 Å². The van der Waals surface area contributed by atoms with Crippen LogP contribution in [0.3, 0.4) is 0 Å². The molecule has 116 valence electrons. The highest BCUT2D eigenvalue weighted by molar-refractivity contribution is 7.88. The monoisotopic (exact) mass is 305 g/mol. The van der Waals surface area contributed by atoms with E-state index in [4.69, 9.17) is 4.74 Å². The standard InChI is InChI=1S/C12H23N3O4S/c1-20(17,18)15-10-4-2-3-9(10)7-14-12(16)11-8-13-5-6-19-11/h9-11,13,15H,2-8H2,1H3,(H,14,16)/t9?,10?,11-/m1/s1. The van der Waals surface area contributed by atoms with Crippen LogP contribution >= 0.6 is 0 Å². The Morgan fingerprint density at radius 3 is 2.85 bits per heavy atom. The molecule has 2 rings (SSSR count). The normalized spacial score (nSPS) is 31.1. The van der Waals surface area contributed by atoms with Crippen LogP contribution in [0.2, 0.25) is 0 Å². The Morgan fingerprint density at radius 2 is 2.20 bits per heavy atom. The Hall–Kier alpha value is -0.700. The number of carbonyl (C=O) groups is 1. The molecule has 1 aliphatic heterocycles. The van der Waals surface area contributed by atoms with Crippen molar-refractivity contribution in [2.24, 2.45) is 5.92 Å². The Bertz CT molecular complexity index is 434. The zero-order valence-electron chi connectivity index (χ0n) is 11.7. The summed E-state index contributed by atoms with van der Waals surface area (Å²) in [5.74, 6) is 0.0347. The molecule has 1 amide bonds. The van der Waals surface area contributed by atoms with E-state index in [-0.39, 0.29) is 17.9 Å². The van der Waals surface area contributed by atoms with Crippen LogP contribution in [0.4, 0.5) is 0 Å². The SMILES string of the molecule is CS(=O)(=O)NC1CCCC1CNC(=O)[C@H]1CNCCO1. The van der Waals surface area contributed by atoms with Crippen molar-refractivity contribution in [3.05, 3.63) is 0 Å². The molecular weight excluding hydrogens is 282 g/mol. The van der Waals surface area contributed by atoms with Crippen LogP contribution < -0.4 is 15.4 Å². The van der Waals surface area contributed by atoms with Gasteiger partial charge in [-0.1, -0.05) is 6.42 Å². The summed E-state index contributed by atoms with van der Waals surface area (Å²) in [6.45, 7) is 2.33. The van der Waals surface area contributed by atoms with Gasteiger partial charge >= 0.3 is 0 Å². The fourth-order valence-corrected chi connectivity index (χ4v) is 3.65. The van der Waals surface area contributed by atoms with Crippen molar-refractivity contribution in [1.82, 2.24) is 15.4 Å². The minimum atomic E-state index is -3.20. The number of hydrogen-bond donors (Lipinski definition) is 3. The molecule has 1 heterocycles. The van der Waals surface area contributed by atoms with E-state index >= 15 is 0 Å². The van der Waals surface area contributed by atoms with Crippen LogP contribution in [0.25, 0.3) is 0 Å². The maximum atomic E-state index is 11.9. The Kier molecular flexibility index (Phi) is 5.36. The van der Waals surface area contributed by atoms with Gasteiger partial charge in [-0.2, -0.15) is 0 Å². The molecule has 2 aliphatic rings. The predicted octanol–water partition coefficient (Wildman–Crippen LogP) is -1.19. The second-order valence-corrected chi connectivity index (χ2v) is 7.28. The second-order valence-electron chi connectivity index (χ2n) is 5.50. The lowest BCUT2D eigenvalue weighted by Crippen LogP contribution is -2.49. The average Bonchev–Trinajstić information content (AvgIpc) is 2.82. The first-order valence-corrected chi connectivity index (χ1v) is 8.92. The van der Waals surface area contributed by atoms with Crippen molar-refractivity contribution in [2.75, 3.05) is 32.5 Å². The lowest BCUT2D eigenvalue weighted by Gasteiger charge is -2.25. The lowest BCUT2D eigenvalue weighted by atomic mass is 10.0. The molecule has 3 atom stereocenters. The van der Waals surface area contributed by atoms with E-state index in [0.29, 0.717) is 19.7 Å². The van der Waals surface area contributed by atoms with Crippen LogP contribution in [0.1, 0.15) is 19.3 Å². The minimum Gasteiger partial charge on any atom is -0.366 e. The van der Waals surface area contributed by atoms with Gasteiger partial charge in [0.2, 0.25) is 15.9 Å². The molecule has 2 fully saturated rings. The molecule has 0 radical (unpaired) electrons. The van der Waals surface area contributed by atoms with Gasteiger partial charge in [-0.15, -0.1) is 0 Å². The van der Waals surface area contributed by atoms with Crippen molar-refractivity contribution < 1.29 is 17.9 Å². The first-order chi connectivity index (χ1) is 9.46. The van der Waals surface area contributed by atoms with E-state index in [0.717, 1.165) is 25.8 Å². The van der Waals surface area contributed by atoms with Gasteiger partial charge < -0.3 is 15.4 Å². The topological polar surface area (TPSA) is 96.5 Å². The van der Waals surface area contributed by atoms with Crippen molar-refractivity contribution in [1.29, 1.82) is 0 Å². The third-order valence-electron chi connectivity index (χ3n) is 3.78. The van der Waals surface area contributed by atoms with E-state index in [1.54, 1.807) is 0 Å². The zero-order chi connectivity index (χ0) is 14.6. The number of carbonyl (C=O) groups excluding carboxylic acids is 1. The number of sulfonamides is 1. The van der Waals surface area contributed by atoms with Gasteiger partial charge in [-0.25, -0.2) is 13.1 Å². The Labute approximate surface area is 119 Å². The molecule has 0 aromatic carbocycles. The molecule has 7 nitrogen and oxygen atoms in total. The largest absolute Gasteiger partial charge is 0.366 e. The van der Waals surface area contributed by atoms with Crippen LogP contribution in [-0.2, 0) is 19.6 Å². The number of hydrogen-bond acceptors (Lipinski definition) is 5. The summed E-state index contributed by atoms with van der Waals surface area (Å²) in [4.78, 5) is 11.9. The number of morpholine rings is 1. The average molecular weight is 305 g/mol. The highest BCUT2D eigenvalue weighted by Gasteiger charge is 2.30. The molecule has 8 heteroatoms. The van der Waals surface area contributed by atoms with Gasteiger partial charge in [0, 0.05) is 25.7 Å². The van der Waals surface area contributed by atoms with E-state index in [2.05, 4.69) is 15.4 Å². The van der Waals surface area contributed by atoms with Gasteiger partial charge in [0.25, 0.3) is 0 Å². The molecule has 20 heavy (non-hydrogen) atoms. The fraction of sp³-hybridized carbons (Fsp3) is 0.917. The molecule has 1 aliphatic carbocycles. The molecule has 0 aromatic heterocycles. The first kappa shape index (κ1) is 15.7. The molecule has 1 saturated carbocycles. The van der Waals surface area contributed by atoms with Crippen molar-refractivity contribution in [3.63, 3.8) is 0 Å². The Morgan fingerprint density at radius 1 is 1.40 bits per heavy atom. The molecule has 0 spiro atoms. The molecule has 0 aromatic rings. The fourth-order valence-electron chi connectivity index (χ4n) is 2.79. The third kappa shape index (κ3) is 4.69. The maximum absolute atomic E-state index is 11.9. The lowest BCUT2D eigenvalue weighted by molar-refractivity contribution is -0.134. The quantitative estimate of drug-likeness (QED) is 0.593. The molecule has 3 N–H and O–H groups in total. The first-order valence-electron chi connectivity index (χ1n) is 7.03. The van der Waals surface area contributed by atoms with Crippen LogP contribution in [0, 0.1) is 5.92 Å². The maximum Gasteiger partial charge on any atom is 0.250 e. The van der Waals surface area contributed by atoms with Crippen LogP contribution in [0.15, 0.2) is 0 Å². The van der Waals surface area contributed by atoms with Crippen molar-refractivity contribution in [2.45, 2.75) is 31.4 Å². The highest BCUT2D eigenvalue weighted by Crippen LogP contribution is 2.25. The van der Waals surface area contributed by atoms with E-state index < -0.39 is 16.1 Å². The summed E-state index contributed by atoms with van der Waals surface area (Å²) in [6, 6.07) is -0.0734. The molecule has 1 saturated heterocycles.